The normalized spacial score (nSPS) is 18.7. The lowest BCUT2D eigenvalue weighted by atomic mass is 9.95. The van der Waals surface area contributed by atoms with E-state index < -0.39 is 69.5 Å². The molecule has 0 radical (unpaired) electrons. The van der Waals surface area contributed by atoms with E-state index in [2.05, 4.69) is 15.5 Å². The molecule has 0 aromatic carbocycles. The molecule has 2 heterocycles. The standard InChI is InChI=1S/C20H29N5O10S2/c1-7-33-17(30)19(3,4)9-34-37(31,32)25-10(2)12(15(25)27)23-14(26)13(11-8-36-18(21)22-11)24-35-20(5,6)16(28)29/h8,10,12H,7,9H2,1-6H3,(H2,21,22)(H,23,26)(H,28,29)/b24-13+/t10-,12-/m0/s1. The maximum atomic E-state index is 12.9. The van der Waals surface area contributed by atoms with Crippen molar-refractivity contribution in [2.75, 3.05) is 18.9 Å². The number of nitrogen functional groups attached to an aromatic ring is 1. The number of nitrogens with one attached hydrogen (secondary N) is 1. The second-order valence-electron chi connectivity index (χ2n) is 9.07. The third-order valence-corrected chi connectivity index (χ3v) is 7.20. The smallest absolute Gasteiger partial charge is 0.365 e. The van der Waals surface area contributed by atoms with Gasteiger partial charge in [-0.1, -0.05) is 5.16 Å². The highest BCUT2D eigenvalue weighted by Crippen LogP contribution is 2.27. The summed E-state index contributed by atoms with van der Waals surface area (Å²) in [6, 6.07) is -2.36. The molecule has 15 nitrogen and oxygen atoms in total. The molecule has 0 bridgehead atoms. The molecule has 1 aliphatic rings. The summed E-state index contributed by atoms with van der Waals surface area (Å²) in [5.41, 5.74) is 1.98. The molecular weight excluding hydrogens is 534 g/mol. The number of oxime groups is 1. The van der Waals surface area contributed by atoms with Gasteiger partial charge in [0.25, 0.3) is 11.8 Å². The number of nitrogens with two attached hydrogens (primary N) is 1. The summed E-state index contributed by atoms with van der Waals surface area (Å²) in [7, 11) is -4.60. The van der Waals surface area contributed by atoms with Crippen molar-refractivity contribution in [3.05, 3.63) is 11.1 Å². The summed E-state index contributed by atoms with van der Waals surface area (Å²) in [6.07, 6.45) is 0. The molecule has 1 aliphatic heterocycles. The van der Waals surface area contributed by atoms with Gasteiger partial charge in [-0.05, 0) is 41.5 Å². The number of rotatable bonds is 12. The van der Waals surface area contributed by atoms with Crippen LogP contribution in [0.2, 0.25) is 0 Å². The third kappa shape index (κ3) is 6.72. The van der Waals surface area contributed by atoms with E-state index in [-0.39, 0.29) is 17.4 Å². The number of aliphatic carboxylic acids is 1. The molecule has 4 N–H and O–H groups in total. The Hall–Kier alpha value is -3.31. The summed E-state index contributed by atoms with van der Waals surface area (Å²) in [6.45, 7) is 7.70. The van der Waals surface area contributed by atoms with Gasteiger partial charge in [0, 0.05) is 5.38 Å². The first-order valence-electron chi connectivity index (χ1n) is 10.9. The van der Waals surface area contributed by atoms with Crippen LogP contribution in [-0.2, 0) is 43.2 Å². The fourth-order valence-corrected chi connectivity index (χ4v) is 4.73. The Morgan fingerprint density at radius 1 is 1.30 bits per heavy atom. The van der Waals surface area contributed by atoms with E-state index in [0.717, 1.165) is 11.3 Å². The fourth-order valence-electron chi connectivity index (χ4n) is 2.77. The van der Waals surface area contributed by atoms with Gasteiger partial charge in [-0.25, -0.2) is 14.1 Å². The number of amides is 2. The average molecular weight is 564 g/mol. The molecular formula is C20H29N5O10S2. The van der Waals surface area contributed by atoms with E-state index in [1.165, 1.54) is 40.0 Å². The van der Waals surface area contributed by atoms with Crippen LogP contribution >= 0.6 is 11.3 Å². The van der Waals surface area contributed by atoms with Crippen molar-refractivity contribution in [1.82, 2.24) is 14.6 Å². The van der Waals surface area contributed by atoms with Crippen LogP contribution in [0.25, 0.3) is 0 Å². The number of ether oxygens (including phenoxy) is 1. The molecule has 2 rings (SSSR count). The van der Waals surface area contributed by atoms with E-state index in [1.807, 2.05) is 0 Å². The molecule has 0 unspecified atom stereocenters. The highest BCUT2D eigenvalue weighted by Gasteiger charge is 2.53. The van der Waals surface area contributed by atoms with Gasteiger partial charge >= 0.3 is 22.2 Å². The topological polar surface area (TPSA) is 217 Å². The molecule has 0 saturated carbocycles. The Morgan fingerprint density at radius 2 is 1.92 bits per heavy atom. The van der Waals surface area contributed by atoms with Crippen LogP contribution in [0, 0.1) is 5.41 Å². The molecule has 0 spiro atoms. The summed E-state index contributed by atoms with van der Waals surface area (Å²) < 4.78 is 35.5. The van der Waals surface area contributed by atoms with Crippen molar-refractivity contribution in [2.45, 2.75) is 59.2 Å². The lowest BCUT2D eigenvalue weighted by Gasteiger charge is -2.43. The lowest BCUT2D eigenvalue weighted by Crippen LogP contribution is -2.71. The van der Waals surface area contributed by atoms with Gasteiger partial charge in [-0.3, -0.25) is 18.6 Å². The zero-order valence-corrected chi connectivity index (χ0v) is 22.6. The summed E-state index contributed by atoms with van der Waals surface area (Å²) in [5.74, 6) is -4.03. The zero-order valence-electron chi connectivity index (χ0n) is 21.0. The number of hydrogen-bond donors (Lipinski definition) is 3. The van der Waals surface area contributed by atoms with Gasteiger partial charge < -0.3 is 25.7 Å². The molecule has 2 amide bonds. The molecule has 1 aromatic heterocycles. The third-order valence-electron chi connectivity index (χ3n) is 5.12. The summed E-state index contributed by atoms with van der Waals surface area (Å²) in [5, 5.41) is 16.6. The maximum Gasteiger partial charge on any atom is 0.365 e. The van der Waals surface area contributed by atoms with Gasteiger partial charge in [-0.2, -0.15) is 8.42 Å². The Labute approximate surface area is 217 Å². The zero-order chi connectivity index (χ0) is 28.3. The molecule has 37 heavy (non-hydrogen) atoms. The van der Waals surface area contributed by atoms with Crippen LogP contribution in [-0.4, -0.2) is 83.2 Å². The SMILES string of the molecule is CCOC(=O)C(C)(C)COS(=O)(=O)N1C(=O)[C@@H](NC(=O)/C(=N/OC(C)(C)C(=O)O)c2csc(N)n2)[C@@H]1C. The Kier molecular flexibility index (Phi) is 8.87. The first kappa shape index (κ1) is 29.9. The number of esters is 1. The van der Waals surface area contributed by atoms with E-state index in [0.29, 0.717) is 4.31 Å². The molecule has 1 saturated heterocycles. The number of anilines is 1. The van der Waals surface area contributed by atoms with E-state index >= 15 is 0 Å². The van der Waals surface area contributed by atoms with E-state index in [1.54, 1.807) is 6.92 Å². The number of nitrogens with zero attached hydrogens (tertiary/aromatic N) is 3. The van der Waals surface area contributed by atoms with Crippen molar-refractivity contribution >= 4 is 56.2 Å². The quantitative estimate of drug-likeness (QED) is 0.131. The number of carboxylic acids is 1. The van der Waals surface area contributed by atoms with E-state index in [9.17, 15) is 32.7 Å². The van der Waals surface area contributed by atoms with Crippen LogP contribution in [0.5, 0.6) is 0 Å². The highest BCUT2D eigenvalue weighted by molar-refractivity contribution is 7.85. The summed E-state index contributed by atoms with van der Waals surface area (Å²) in [4.78, 5) is 57.8. The van der Waals surface area contributed by atoms with Gasteiger partial charge in [0.2, 0.25) is 5.60 Å². The lowest BCUT2D eigenvalue weighted by molar-refractivity contribution is -0.161. The second-order valence-corrected chi connectivity index (χ2v) is 11.4. The second kappa shape index (κ2) is 11.0. The molecule has 206 valence electrons. The number of carbonyl (C=O) groups is 4. The van der Waals surface area contributed by atoms with Crippen molar-refractivity contribution in [3.63, 3.8) is 0 Å². The van der Waals surface area contributed by atoms with Crippen LogP contribution in [0.15, 0.2) is 10.5 Å². The first-order chi connectivity index (χ1) is 16.9. The van der Waals surface area contributed by atoms with Gasteiger partial charge in [0.15, 0.2) is 10.8 Å². The van der Waals surface area contributed by atoms with Crippen molar-refractivity contribution < 1.29 is 46.5 Å². The van der Waals surface area contributed by atoms with Crippen LogP contribution < -0.4 is 11.1 Å². The first-order valence-corrected chi connectivity index (χ1v) is 13.1. The molecule has 0 aliphatic carbocycles. The van der Waals surface area contributed by atoms with Crippen molar-refractivity contribution in [3.8, 4) is 0 Å². The number of carboxylic acid groups (broad SMARTS) is 1. The van der Waals surface area contributed by atoms with Gasteiger partial charge in [0.1, 0.15) is 11.7 Å². The fraction of sp³-hybridized carbons (Fsp3) is 0.600. The van der Waals surface area contributed by atoms with E-state index in [4.69, 9.17) is 19.5 Å². The maximum absolute atomic E-state index is 12.9. The van der Waals surface area contributed by atoms with Crippen LogP contribution in [0.3, 0.4) is 0 Å². The van der Waals surface area contributed by atoms with Crippen LogP contribution in [0.1, 0.15) is 47.2 Å². The molecule has 1 aromatic rings. The number of carbonyl (C=O) groups excluding carboxylic acids is 3. The Bertz CT molecular complexity index is 1210. The number of thiazole rings is 1. The van der Waals surface area contributed by atoms with Crippen molar-refractivity contribution in [1.29, 1.82) is 0 Å². The highest BCUT2D eigenvalue weighted by atomic mass is 32.2. The molecule has 17 heteroatoms. The minimum absolute atomic E-state index is 0.0466. The monoisotopic (exact) mass is 563 g/mol. The predicted octanol–water partition coefficient (Wildman–Crippen LogP) is -0.125. The summed E-state index contributed by atoms with van der Waals surface area (Å²) >= 11 is 0.976. The minimum Gasteiger partial charge on any atom is -0.478 e. The number of hydrogen-bond acceptors (Lipinski definition) is 13. The number of aromatic nitrogens is 1. The van der Waals surface area contributed by atoms with Gasteiger partial charge in [-0.15, -0.1) is 11.3 Å². The predicted molar refractivity (Wildman–Crippen MR) is 129 cm³/mol. The minimum atomic E-state index is -4.60. The van der Waals surface area contributed by atoms with Crippen LogP contribution in [0.4, 0.5) is 5.13 Å². The molecule has 2 atom stereocenters. The largest absolute Gasteiger partial charge is 0.478 e. The number of β-lactam (4-membered cyclic amide) rings is 1. The Morgan fingerprint density at radius 3 is 2.41 bits per heavy atom. The Balaban J connectivity index is 2.16. The molecule has 1 fully saturated rings. The average Bonchev–Trinajstić information content (AvgIpc) is 3.22. The van der Waals surface area contributed by atoms with Crippen molar-refractivity contribution in [2.24, 2.45) is 10.6 Å². The van der Waals surface area contributed by atoms with Gasteiger partial charge in [0.05, 0.1) is 24.7 Å².